The smallest absolute Gasteiger partial charge is 0.274 e. The molecule has 0 N–H and O–H groups in total. The summed E-state index contributed by atoms with van der Waals surface area (Å²) in [4.78, 5) is 18.5. The number of benzene rings is 1. The summed E-state index contributed by atoms with van der Waals surface area (Å²) in [6.45, 7) is 0.375. The minimum absolute atomic E-state index is 0.121. The van der Waals surface area contributed by atoms with Crippen LogP contribution in [0.25, 0.3) is 5.52 Å². The summed E-state index contributed by atoms with van der Waals surface area (Å²) >= 11 is 3.46. The van der Waals surface area contributed by atoms with Gasteiger partial charge < -0.3 is 4.90 Å². The average molecular weight is 422 g/mol. The van der Waals surface area contributed by atoms with Crippen LogP contribution in [0.5, 0.6) is 0 Å². The number of nitrogens with zero attached hydrogens (tertiary/aromatic N) is 3. The van der Waals surface area contributed by atoms with E-state index in [9.17, 15) is 13.2 Å². The lowest BCUT2D eigenvalue weighted by Gasteiger charge is -2.17. The number of amides is 1. The second-order valence-electron chi connectivity index (χ2n) is 5.72. The lowest BCUT2D eigenvalue weighted by molar-refractivity contribution is 0.0781. The Balaban J connectivity index is 2.01. The lowest BCUT2D eigenvalue weighted by Crippen LogP contribution is -2.27. The van der Waals surface area contributed by atoms with Crippen molar-refractivity contribution in [3.05, 3.63) is 64.4 Å². The Bertz CT molecular complexity index is 1060. The number of carbonyl (C=O) groups excluding carboxylic acids is 1. The third-order valence-electron chi connectivity index (χ3n) is 3.76. The van der Waals surface area contributed by atoms with Gasteiger partial charge in [0.15, 0.2) is 5.69 Å². The Labute approximate surface area is 154 Å². The maximum Gasteiger partial charge on any atom is 0.274 e. The fourth-order valence-corrected chi connectivity index (χ4v) is 3.75. The number of carbonyl (C=O) groups is 1. The quantitative estimate of drug-likeness (QED) is 0.649. The van der Waals surface area contributed by atoms with E-state index in [0.29, 0.717) is 12.1 Å². The summed E-state index contributed by atoms with van der Waals surface area (Å²) in [5.41, 5.74) is 1.53. The molecule has 2 aromatic heterocycles. The highest BCUT2D eigenvalue weighted by Gasteiger charge is 2.24. The SMILES string of the molecule is CN(Cc1ccccc1Br)C(=O)c1nc(S(C)(=O)=O)n2ccccc12. The van der Waals surface area contributed by atoms with Crippen LogP contribution in [0.15, 0.2) is 58.3 Å². The van der Waals surface area contributed by atoms with Gasteiger partial charge in [0.2, 0.25) is 15.0 Å². The van der Waals surface area contributed by atoms with E-state index in [0.717, 1.165) is 16.3 Å². The highest BCUT2D eigenvalue weighted by Crippen LogP contribution is 2.21. The fourth-order valence-electron chi connectivity index (χ4n) is 2.56. The molecular formula is C17H16BrN3O3S. The molecule has 0 radical (unpaired) electrons. The van der Waals surface area contributed by atoms with E-state index in [-0.39, 0.29) is 16.8 Å². The van der Waals surface area contributed by atoms with Crippen molar-refractivity contribution in [3.8, 4) is 0 Å². The highest BCUT2D eigenvalue weighted by atomic mass is 79.9. The topological polar surface area (TPSA) is 71.8 Å². The molecule has 1 aromatic carbocycles. The largest absolute Gasteiger partial charge is 0.336 e. The van der Waals surface area contributed by atoms with Crippen molar-refractivity contribution >= 4 is 37.2 Å². The van der Waals surface area contributed by atoms with Crippen LogP contribution in [0.4, 0.5) is 0 Å². The van der Waals surface area contributed by atoms with Crippen LogP contribution in [0.2, 0.25) is 0 Å². The van der Waals surface area contributed by atoms with Gasteiger partial charge in [0.1, 0.15) is 0 Å². The molecular weight excluding hydrogens is 406 g/mol. The lowest BCUT2D eigenvalue weighted by atomic mass is 10.2. The maximum absolute atomic E-state index is 12.9. The van der Waals surface area contributed by atoms with Crippen molar-refractivity contribution in [2.24, 2.45) is 0 Å². The predicted molar refractivity (Wildman–Crippen MR) is 98.2 cm³/mol. The van der Waals surface area contributed by atoms with E-state index >= 15 is 0 Å². The summed E-state index contributed by atoms with van der Waals surface area (Å²) < 4.78 is 26.3. The summed E-state index contributed by atoms with van der Waals surface area (Å²) in [5.74, 6) is -0.339. The molecule has 0 aliphatic heterocycles. The van der Waals surface area contributed by atoms with E-state index in [1.165, 1.54) is 9.30 Å². The molecule has 0 saturated carbocycles. The fraction of sp³-hybridized carbons (Fsp3) is 0.176. The van der Waals surface area contributed by atoms with E-state index in [2.05, 4.69) is 20.9 Å². The maximum atomic E-state index is 12.9. The molecule has 130 valence electrons. The number of aromatic nitrogens is 2. The molecule has 0 spiro atoms. The molecule has 2 heterocycles. The number of fused-ring (bicyclic) bond motifs is 1. The molecule has 1 amide bonds. The third-order valence-corrected chi connectivity index (χ3v) is 5.49. The molecule has 3 aromatic rings. The second-order valence-corrected chi connectivity index (χ2v) is 8.49. The standard InChI is InChI=1S/C17H16BrN3O3S/c1-20(11-12-7-3-4-8-13(12)18)16(22)15-14-9-5-6-10-21(14)17(19-15)25(2,23)24/h3-10H,11H2,1-2H3. The summed E-state index contributed by atoms with van der Waals surface area (Å²) in [7, 11) is -1.90. The van der Waals surface area contributed by atoms with Gasteiger partial charge in [-0.3, -0.25) is 9.20 Å². The molecule has 0 unspecified atom stereocenters. The van der Waals surface area contributed by atoms with E-state index in [4.69, 9.17) is 0 Å². The number of sulfone groups is 1. The average Bonchev–Trinajstić information content (AvgIpc) is 2.96. The van der Waals surface area contributed by atoms with Crippen molar-refractivity contribution in [1.29, 1.82) is 0 Å². The Morgan fingerprint density at radius 2 is 1.88 bits per heavy atom. The van der Waals surface area contributed by atoms with Crippen LogP contribution in [0, 0.1) is 0 Å². The summed E-state index contributed by atoms with van der Waals surface area (Å²) in [5, 5.41) is -0.138. The molecule has 8 heteroatoms. The Morgan fingerprint density at radius 3 is 2.56 bits per heavy atom. The van der Waals surface area contributed by atoms with E-state index in [1.807, 2.05) is 24.3 Å². The van der Waals surface area contributed by atoms with Gasteiger partial charge in [0.05, 0.1) is 5.52 Å². The Hall–Kier alpha value is -2.19. The number of imidazole rings is 1. The van der Waals surface area contributed by atoms with E-state index < -0.39 is 9.84 Å². The van der Waals surface area contributed by atoms with Crippen molar-refractivity contribution < 1.29 is 13.2 Å². The zero-order chi connectivity index (χ0) is 18.2. The highest BCUT2D eigenvalue weighted by molar-refractivity contribution is 9.10. The van der Waals surface area contributed by atoms with Crippen LogP contribution in [-0.2, 0) is 16.4 Å². The molecule has 3 rings (SSSR count). The van der Waals surface area contributed by atoms with Crippen molar-refractivity contribution in [3.63, 3.8) is 0 Å². The van der Waals surface area contributed by atoms with Gasteiger partial charge in [-0.2, -0.15) is 0 Å². The third kappa shape index (κ3) is 3.45. The van der Waals surface area contributed by atoms with Crippen molar-refractivity contribution in [1.82, 2.24) is 14.3 Å². The van der Waals surface area contributed by atoms with Crippen LogP contribution in [0.1, 0.15) is 16.1 Å². The van der Waals surface area contributed by atoms with Gasteiger partial charge >= 0.3 is 0 Å². The molecule has 6 nitrogen and oxygen atoms in total. The van der Waals surface area contributed by atoms with Gasteiger partial charge in [0.25, 0.3) is 5.91 Å². The summed E-state index contributed by atoms with van der Waals surface area (Å²) in [6.07, 6.45) is 2.66. The molecule has 0 fully saturated rings. The Kier molecular flexibility index (Phi) is 4.66. The molecule has 0 aliphatic carbocycles. The molecule has 0 bridgehead atoms. The van der Waals surface area contributed by atoms with Gasteiger partial charge in [-0.15, -0.1) is 0 Å². The molecule has 25 heavy (non-hydrogen) atoms. The number of hydrogen-bond donors (Lipinski definition) is 0. The number of halogens is 1. The van der Waals surface area contributed by atoms with Gasteiger partial charge in [-0.1, -0.05) is 40.2 Å². The zero-order valence-corrected chi connectivity index (χ0v) is 16.1. The first-order chi connectivity index (χ1) is 11.8. The molecule has 0 aliphatic rings. The van der Waals surface area contributed by atoms with Crippen molar-refractivity contribution in [2.45, 2.75) is 11.7 Å². The number of rotatable bonds is 4. The monoisotopic (exact) mass is 421 g/mol. The van der Waals surface area contributed by atoms with Crippen LogP contribution >= 0.6 is 15.9 Å². The van der Waals surface area contributed by atoms with Gasteiger partial charge in [0, 0.05) is 30.5 Å². The zero-order valence-electron chi connectivity index (χ0n) is 13.7. The van der Waals surface area contributed by atoms with Crippen LogP contribution in [-0.4, -0.2) is 41.9 Å². The first kappa shape index (κ1) is 17.6. The second kappa shape index (κ2) is 6.61. The molecule has 0 atom stereocenters. The van der Waals surface area contributed by atoms with E-state index in [1.54, 1.807) is 31.4 Å². The number of pyridine rings is 1. The Morgan fingerprint density at radius 1 is 1.20 bits per heavy atom. The van der Waals surface area contributed by atoms with Gasteiger partial charge in [-0.05, 0) is 23.8 Å². The predicted octanol–water partition coefficient (Wildman–Crippen LogP) is 2.77. The molecule has 0 saturated heterocycles. The normalized spacial score (nSPS) is 11.6. The first-order valence-corrected chi connectivity index (χ1v) is 10.1. The minimum Gasteiger partial charge on any atom is -0.336 e. The first-order valence-electron chi connectivity index (χ1n) is 7.45. The number of hydrogen-bond acceptors (Lipinski definition) is 4. The van der Waals surface area contributed by atoms with Crippen LogP contribution in [0.3, 0.4) is 0 Å². The van der Waals surface area contributed by atoms with Crippen molar-refractivity contribution in [2.75, 3.05) is 13.3 Å². The summed E-state index contributed by atoms with van der Waals surface area (Å²) in [6, 6.07) is 12.7. The minimum atomic E-state index is -3.56. The van der Waals surface area contributed by atoms with Gasteiger partial charge in [-0.25, -0.2) is 13.4 Å². The van der Waals surface area contributed by atoms with Crippen LogP contribution < -0.4 is 0 Å².